The zero-order valence-corrected chi connectivity index (χ0v) is 13.7. The summed E-state index contributed by atoms with van der Waals surface area (Å²) in [6.07, 6.45) is 0.480. The predicted molar refractivity (Wildman–Crippen MR) is 89.5 cm³/mol. The van der Waals surface area contributed by atoms with Gasteiger partial charge in [-0.2, -0.15) is 0 Å². The fourth-order valence-electron chi connectivity index (χ4n) is 2.27. The number of aromatic nitrogens is 2. The Hall–Kier alpha value is -2.47. The molecule has 3 rings (SSSR count). The number of hydrogen-bond acceptors (Lipinski definition) is 5. The van der Waals surface area contributed by atoms with Crippen LogP contribution in [0.5, 0.6) is 5.75 Å². The minimum Gasteiger partial charge on any atom is -0.487 e. The summed E-state index contributed by atoms with van der Waals surface area (Å²) in [5.74, 6) is 0.742. The van der Waals surface area contributed by atoms with Crippen LogP contribution in [-0.2, 0) is 6.61 Å². The van der Waals surface area contributed by atoms with Gasteiger partial charge in [-0.1, -0.05) is 6.92 Å². The van der Waals surface area contributed by atoms with Crippen LogP contribution in [0.25, 0.3) is 4.96 Å². The fourth-order valence-corrected chi connectivity index (χ4v) is 3.16. The van der Waals surface area contributed by atoms with E-state index in [1.54, 1.807) is 28.7 Å². The van der Waals surface area contributed by atoms with Crippen LogP contribution in [0.3, 0.4) is 0 Å². The summed E-state index contributed by atoms with van der Waals surface area (Å²) < 4.78 is 7.24. The molecule has 0 N–H and O–H groups in total. The molecular formula is C17H16N2O3S. The molecule has 0 fully saturated rings. The van der Waals surface area contributed by atoms with Crippen LogP contribution >= 0.6 is 11.3 Å². The van der Waals surface area contributed by atoms with Gasteiger partial charge in [0.05, 0.1) is 5.69 Å². The first-order valence-electron chi connectivity index (χ1n) is 7.31. The molecule has 0 saturated carbocycles. The average molecular weight is 328 g/mol. The number of thiazole rings is 1. The van der Waals surface area contributed by atoms with E-state index in [-0.39, 0.29) is 17.9 Å². The highest BCUT2D eigenvalue weighted by atomic mass is 32.1. The second-order valence-corrected chi connectivity index (χ2v) is 6.01. The third-order valence-electron chi connectivity index (χ3n) is 3.51. The molecule has 0 radical (unpaired) electrons. The highest BCUT2D eigenvalue weighted by Crippen LogP contribution is 2.16. The zero-order chi connectivity index (χ0) is 16.4. The first-order chi connectivity index (χ1) is 11.1. The van der Waals surface area contributed by atoms with E-state index in [9.17, 15) is 9.59 Å². The molecule has 0 aliphatic rings. The summed E-state index contributed by atoms with van der Waals surface area (Å²) in [5.41, 5.74) is 2.04. The van der Waals surface area contributed by atoms with Crippen molar-refractivity contribution in [2.24, 2.45) is 0 Å². The Bertz CT molecular complexity index is 910. The molecule has 0 unspecified atom stereocenters. The van der Waals surface area contributed by atoms with Crippen LogP contribution < -0.4 is 10.3 Å². The number of ether oxygens (including phenoxy) is 1. The molecule has 0 aliphatic heterocycles. The van der Waals surface area contributed by atoms with Crippen molar-refractivity contribution >= 4 is 22.1 Å². The van der Waals surface area contributed by atoms with Gasteiger partial charge in [-0.15, -0.1) is 11.3 Å². The molecule has 1 aromatic carbocycles. The molecule has 0 amide bonds. The van der Waals surface area contributed by atoms with Crippen LogP contribution in [0.15, 0.2) is 40.5 Å². The van der Waals surface area contributed by atoms with Crippen molar-refractivity contribution in [2.75, 3.05) is 0 Å². The monoisotopic (exact) mass is 328 g/mol. The van der Waals surface area contributed by atoms with Crippen molar-refractivity contribution in [2.45, 2.75) is 26.9 Å². The van der Waals surface area contributed by atoms with Gasteiger partial charge in [0.15, 0.2) is 10.7 Å². The number of Topliss-reactive ketones (excluding diaryl/α,β-unsaturated/α-hetero) is 1. The molecule has 2 heterocycles. The Morgan fingerprint density at radius 2 is 2.04 bits per heavy atom. The van der Waals surface area contributed by atoms with Gasteiger partial charge in [0.1, 0.15) is 12.4 Å². The van der Waals surface area contributed by atoms with Crippen LogP contribution in [0.4, 0.5) is 0 Å². The number of fused-ring (bicyclic) bond motifs is 1. The van der Waals surface area contributed by atoms with Crippen molar-refractivity contribution in [3.8, 4) is 5.75 Å². The van der Waals surface area contributed by atoms with E-state index >= 15 is 0 Å². The topological polar surface area (TPSA) is 60.7 Å². The summed E-state index contributed by atoms with van der Waals surface area (Å²) in [7, 11) is 0. The maximum Gasteiger partial charge on any atom is 0.259 e. The summed E-state index contributed by atoms with van der Waals surface area (Å²) in [5, 5.41) is 1.90. The lowest BCUT2D eigenvalue weighted by molar-refractivity contribution is 0.0988. The third-order valence-corrected chi connectivity index (χ3v) is 4.46. The Morgan fingerprint density at radius 3 is 2.74 bits per heavy atom. The largest absolute Gasteiger partial charge is 0.487 e. The Kier molecular flexibility index (Phi) is 4.25. The van der Waals surface area contributed by atoms with Crippen LogP contribution in [0.1, 0.15) is 35.1 Å². The van der Waals surface area contributed by atoms with Gasteiger partial charge in [0.2, 0.25) is 0 Å². The maximum atomic E-state index is 12.1. The van der Waals surface area contributed by atoms with Gasteiger partial charge in [-0.3, -0.25) is 14.0 Å². The van der Waals surface area contributed by atoms with E-state index in [1.807, 2.05) is 19.2 Å². The van der Waals surface area contributed by atoms with Crippen molar-refractivity contribution in [1.29, 1.82) is 0 Å². The smallest absolute Gasteiger partial charge is 0.259 e. The molecule has 0 saturated heterocycles. The molecule has 0 atom stereocenters. The van der Waals surface area contributed by atoms with Gasteiger partial charge in [-0.05, 0) is 31.2 Å². The van der Waals surface area contributed by atoms with E-state index in [4.69, 9.17) is 4.74 Å². The Morgan fingerprint density at radius 1 is 1.30 bits per heavy atom. The summed E-state index contributed by atoms with van der Waals surface area (Å²) >= 11 is 1.43. The van der Waals surface area contributed by atoms with E-state index in [0.29, 0.717) is 28.4 Å². The molecule has 0 aliphatic carbocycles. The van der Waals surface area contributed by atoms with Crippen molar-refractivity contribution in [3.05, 3.63) is 63.0 Å². The van der Waals surface area contributed by atoms with E-state index in [0.717, 1.165) is 5.69 Å². The number of benzene rings is 1. The lowest BCUT2D eigenvalue weighted by atomic mass is 10.1. The highest BCUT2D eigenvalue weighted by Gasteiger charge is 2.07. The number of carbonyl (C=O) groups is 1. The SMILES string of the molecule is CCC(=O)c1ccc(OCc2cc(=O)n3c(C)csc3n2)cc1. The van der Waals surface area contributed by atoms with E-state index in [2.05, 4.69) is 4.98 Å². The summed E-state index contributed by atoms with van der Waals surface area (Å²) in [6.45, 7) is 3.92. The first-order valence-corrected chi connectivity index (χ1v) is 8.19. The standard InChI is InChI=1S/C17H16N2O3S/c1-3-15(20)12-4-6-14(7-5-12)22-9-13-8-16(21)19-11(2)10-23-17(19)18-13/h4-8,10H,3,9H2,1-2H3. The lowest BCUT2D eigenvalue weighted by Crippen LogP contribution is -2.15. The highest BCUT2D eigenvalue weighted by molar-refractivity contribution is 7.15. The van der Waals surface area contributed by atoms with Crippen molar-refractivity contribution < 1.29 is 9.53 Å². The molecule has 5 nitrogen and oxygen atoms in total. The minimum atomic E-state index is -0.101. The first kappa shape index (κ1) is 15.4. The second kappa shape index (κ2) is 6.34. The van der Waals surface area contributed by atoms with E-state index < -0.39 is 0 Å². The van der Waals surface area contributed by atoms with Gasteiger partial charge >= 0.3 is 0 Å². The Labute approximate surface area is 137 Å². The molecule has 0 bridgehead atoms. The number of aryl methyl sites for hydroxylation is 1. The van der Waals surface area contributed by atoms with E-state index in [1.165, 1.54) is 17.4 Å². The molecule has 3 aromatic rings. The summed E-state index contributed by atoms with van der Waals surface area (Å²) in [6, 6.07) is 8.49. The lowest BCUT2D eigenvalue weighted by Gasteiger charge is -2.06. The van der Waals surface area contributed by atoms with Gasteiger partial charge in [0, 0.05) is 29.1 Å². The van der Waals surface area contributed by atoms with Crippen LogP contribution in [-0.4, -0.2) is 15.2 Å². The van der Waals surface area contributed by atoms with Gasteiger partial charge in [-0.25, -0.2) is 4.98 Å². The molecule has 0 spiro atoms. The van der Waals surface area contributed by atoms with Gasteiger partial charge in [0.25, 0.3) is 5.56 Å². The molecular weight excluding hydrogens is 312 g/mol. The quantitative estimate of drug-likeness (QED) is 0.675. The molecule has 6 heteroatoms. The number of rotatable bonds is 5. The van der Waals surface area contributed by atoms with Crippen LogP contribution in [0.2, 0.25) is 0 Å². The fraction of sp³-hybridized carbons (Fsp3) is 0.235. The van der Waals surface area contributed by atoms with Gasteiger partial charge < -0.3 is 4.74 Å². The van der Waals surface area contributed by atoms with Crippen molar-refractivity contribution in [1.82, 2.24) is 9.38 Å². The minimum absolute atomic E-state index is 0.101. The molecule has 2 aromatic heterocycles. The Balaban J connectivity index is 1.75. The molecule has 118 valence electrons. The normalized spacial score (nSPS) is 10.9. The second-order valence-electron chi connectivity index (χ2n) is 5.17. The average Bonchev–Trinajstić information content (AvgIpc) is 2.94. The number of nitrogens with zero attached hydrogens (tertiary/aromatic N) is 2. The van der Waals surface area contributed by atoms with Crippen molar-refractivity contribution in [3.63, 3.8) is 0 Å². The number of carbonyl (C=O) groups excluding carboxylic acids is 1. The zero-order valence-electron chi connectivity index (χ0n) is 12.9. The number of ketones is 1. The van der Waals surface area contributed by atoms with Crippen LogP contribution in [0, 0.1) is 6.92 Å². The third kappa shape index (κ3) is 3.17. The number of hydrogen-bond donors (Lipinski definition) is 0. The summed E-state index contributed by atoms with van der Waals surface area (Å²) in [4.78, 5) is 28.8. The predicted octanol–water partition coefficient (Wildman–Crippen LogP) is 3.24. The molecule has 23 heavy (non-hydrogen) atoms. The maximum absolute atomic E-state index is 12.1.